The highest BCUT2D eigenvalue weighted by Gasteiger charge is 2.28. The molecule has 0 spiro atoms. The average Bonchev–Trinajstić information content (AvgIpc) is 2.82. The number of unbranched alkanes of at least 4 members (excludes halogenated alkanes) is 5. The largest absolute Gasteiger partial charge is 0.366 e. The van der Waals surface area contributed by atoms with Crippen molar-refractivity contribution >= 4 is 11.6 Å². The molecule has 1 unspecified atom stereocenters. The van der Waals surface area contributed by atoms with E-state index in [0.29, 0.717) is 0 Å². The first kappa shape index (κ1) is 16.6. The normalized spacial score (nSPS) is 14.5. The lowest BCUT2D eigenvalue weighted by molar-refractivity contribution is 0.366. The fraction of sp³-hybridized carbons (Fsp3) is 0.765. The number of H-pyrrole nitrogens is 1. The van der Waals surface area contributed by atoms with Crippen LogP contribution in [0.2, 0.25) is 5.02 Å². The van der Waals surface area contributed by atoms with E-state index in [1.54, 1.807) is 0 Å². The zero-order valence-electron chi connectivity index (χ0n) is 12.9. The molecule has 0 aromatic carbocycles. The summed E-state index contributed by atoms with van der Waals surface area (Å²) in [6, 6.07) is 0. The summed E-state index contributed by atoms with van der Waals surface area (Å²) in [4.78, 5) is 3.16. The quantitative estimate of drug-likeness (QED) is 0.473. The second kappa shape index (κ2) is 8.68. The molecule has 0 aliphatic heterocycles. The van der Waals surface area contributed by atoms with E-state index in [1.165, 1.54) is 63.4 Å². The molecule has 2 heteroatoms. The Morgan fingerprint density at radius 3 is 2.05 bits per heavy atom. The van der Waals surface area contributed by atoms with E-state index in [4.69, 9.17) is 11.6 Å². The van der Waals surface area contributed by atoms with E-state index in [2.05, 4.69) is 32.0 Å². The lowest BCUT2D eigenvalue weighted by Gasteiger charge is -2.30. The predicted molar refractivity (Wildman–Crippen MR) is 86.1 cm³/mol. The maximum absolute atomic E-state index is 6.35. The van der Waals surface area contributed by atoms with Gasteiger partial charge in [0.05, 0.1) is 5.02 Å². The molecule has 0 bridgehead atoms. The summed E-state index contributed by atoms with van der Waals surface area (Å²) in [6.07, 6.45) is 15.8. The van der Waals surface area contributed by atoms with E-state index in [1.807, 2.05) is 6.20 Å². The highest BCUT2D eigenvalue weighted by atomic mass is 35.5. The van der Waals surface area contributed by atoms with E-state index in [-0.39, 0.29) is 5.41 Å². The molecule has 0 aliphatic rings. The van der Waals surface area contributed by atoms with Crippen molar-refractivity contribution < 1.29 is 0 Å². The minimum Gasteiger partial charge on any atom is -0.366 e. The van der Waals surface area contributed by atoms with Crippen molar-refractivity contribution in [1.82, 2.24) is 4.98 Å². The summed E-state index contributed by atoms with van der Waals surface area (Å²) in [6.45, 7) is 6.93. The van der Waals surface area contributed by atoms with E-state index >= 15 is 0 Å². The third kappa shape index (κ3) is 5.22. The summed E-state index contributed by atoms with van der Waals surface area (Å²) in [5.41, 5.74) is 1.57. The molecule has 0 radical (unpaired) electrons. The Hall–Kier alpha value is -0.430. The van der Waals surface area contributed by atoms with Gasteiger partial charge in [0, 0.05) is 12.4 Å². The van der Waals surface area contributed by atoms with Crippen LogP contribution in [0.5, 0.6) is 0 Å². The Kier molecular flexibility index (Phi) is 7.60. The molecule has 0 saturated heterocycles. The van der Waals surface area contributed by atoms with Crippen molar-refractivity contribution in [2.24, 2.45) is 0 Å². The number of hydrogen-bond acceptors (Lipinski definition) is 0. The third-order valence-corrected chi connectivity index (χ3v) is 4.57. The first-order valence-electron chi connectivity index (χ1n) is 7.97. The monoisotopic (exact) mass is 283 g/mol. The Bertz CT molecular complexity index is 345. The van der Waals surface area contributed by atoms with Gasteiger partial charge in [-0.2, -0.15) is 0 Å². The maximum Gasteiger partial charge on any atom is 0.0617 e. The predicted octanol–water partition coefficient (Wildman–Crippen LogP) is 6.48. The molecule has 0 amide bonds. The summed E-state index contributed by atoms with van der Waals surface area (Å²) < 4.78 is 0. The van der Waals surface area contributed by atoms with Crippen LogP contribution < -0.4 is 0 Å². The van der Waals surface area contributed by atoms with Gasteiger partial charge in [-0.15, -0.1) is 0 Å². The molecule has 1 aromatic heterocycles. The zero-order chi connectivity index (χ0) is 14.1. The van der Waals surface area contributed by atoms with Gasteiger partial charge in [-0.3, -0.25) is 0 Å². The lowest BCUT2D eigenvalue weighted by Crippen LogP contribution is -2.22. The SMILES string of the molecule is CCCCCCC(C)(CCCCC)c1c[nH]cc1Cl. The topological polar surface area (TPSA) is 15.8 Å². The molecule has 1 N–H and O–H groups in total. The third-order valence-electron chi connectivity index (χ3n) is 4.26. The van der Waals surface area contributed by atoms with Crippen LogP contribution in [-0.4, -0.2) is 4.98 Å². The fourth-order valence-corrected chi connectivity index (χ4v) is 3.25. The van der Waals surface area contributed by atoms with Gasteiger partial charge in [0.2, 0.25) is 0 Å². The molecular formula is C17H30ClN. The summed E-state index contributed by atoms with van der Waals surface area (Å²) >= 11 is 6.35. The average molecular weight is 284 g/mol. The number of aromatic amines is 1. The molecule has 1 atom stereocenters. The maximum atomic E-state index is 6.35. The van der Waals surface area contributed by atoms with Crippen LogP contribution in [0.1, 0.15) is 84.1 Å². The van der Waals surface area contributed by atoms with Crippen LogP contribution in [0.3, 0.4) is 0 Å². The van der Waals surface area contributed by atoms with Gasteiger partial charge in [0.15, 0.2) is 0 Å². The molecule has 1 rings (SSSR count). The molecule has 0 saturated carbocycles. The molecule has 0 aliphatic carbocycles. The van der Waals surface area contributed by atoms with Crippen LogP contribution in [0.4, 0.5) is 0 Å². The number of aromatic nitrogens is 1. The molecule has 1 heterocycles. The van der Waals surface area contributed by atoms with Crippen molar-refractivity contribution in [3.8, 4) is 0 Å². The number of nitrogens with one attached hydrogen (secondary N) is 1. The number of rotatable bonds is 10. The molecular weight excluding hydrogens is 254 g/mol. The fourth-order valence-electron chi connectivity index (χ4n) is 2.91. The van der Waals surface area contributed by atoms with Gasteiger partial charge in [-0.25, -0.2) is 0 Å². The Balaban J connectivity index is 2.64. The first-order valence-corrected chi connectivity index (χ1v) is 8.34. The van der Waals surface area contributed by atoms with Crippen molar-refractivity contribution in [3.63, 3.8) is 0 Å². The number of halogens is 1. The summed E-state index contributed by atoms with van der Waals surface area (Å²) in [5, 5.41) is 0.912. The van der Waals surface area contributed by atoms with Crippen molar-refractivity contribution in [2.75, 3.05) is 0 Å². The van der Waals surface area contributed by atoms with Gasteiger partial charge in [0.1, 0.15) is 0 Å². The molecule has 0 fully saturated rings. The van der Waals surface area contributed by atoms with Gasteiger partial charge < -0.3 is 4.98 Å². The lowest BCUT2D eigenvalue weighted by atomic mass is 9.75. The van der Waals surface area contributed by atoms with Crippen LogP contribution >= 0.6 is 11.6 Å². The van der Waals surface area contributed by atoms with Gasteiger partial charge in [-0.1, -0.05) is 77.3 Å². The highest BCUT2D eigenvalue weighted by molar-refractivity contribution is 6.31. The molecule has 19 heavy (non-hydrogen) atoms. The Morgan fingerprint density at radius 2 is 1.53 bits per heavy atom. The highest BCUT2D eigenvalue weighted by Crippen LogP contribution is 2.38. The summed E-state index contributed by atoms with van der Waals surface area (Å²) in [5.74, 6) is 0. The van der Waals surface area contributed by atoms with Gasteiger partial charge in [-0.05, 0) is 23.8 Å². The zero-order valence-corrected chi connectivity index (χ0v) is 13.7. The van der Waals surface area contributed by atoms with E-state index < -0.39 is 0 Å². The number of hydrogen-bond donors (Lipinski definition) is 1. The first-order chi connectivity index (χ1) is 9.14. The van der Waals surface area contributed by atoms with Gasteiger partial charge >= 0.3 is 0 Å². The smallest absolute Gasteiger partial charge is 0.0617 e. The Labute approximate surface area is 124 Å². The Morgan fingerprint density at radius 1 is 0.947 bits per heavy atom. The second-order valence-corrected chi connectivity index (χ2v) is 6.45. The van der Waals surface area contributed by atoms with Crippen molar-refractivity contribution in [1.29, 1.82) is 0 Å². The van der Waals surface area contributed by atoms with Gasteiger partial charge in [0.25, 0.3) is 0 Å². The minimum absolute atomic E-state index is 0.250. The minimum atomic E-state index is 0.250. The second-order valence-electron chi connectivity index (χ2n) is 6.05. The van der Waals surface area contributed by atoms with Crippen LogP contribution in [-0.2, 0) is 5.41 Å². The van der Waals surface area contributed by atoms with Crippen molar-refractivity contribution in [2.45, 2.75) is 84.0 Å². The molecule has 1 aromatic rings. The van der Waals surface area contributed by atoms with E-state index in [9.17, 15) is 0 Å². The van der Waals surface area contributed by atoms with E-state index in [0.717, 1.165) is 5.02 Å². The van der Waals surface area contributed by atoms with Crippen LogP contribution in [0.25, 0.3) is 0 Å². The standard InChI is InChI=1S/C17H30ClN/c1-4-6-8-10-12-17(3,11-9-7-5-2)15-13-19-14-16(15)18/h13-14,19H,4-12H2,1-3H3. The van der Waals surface area contributed by atoms with Crippen molar-refractivity contribution in [3.05, 3.63) is 23.0 Å². The summed E-state index contributed by atoms with van der Waals surface area (Å²) in [7, 11) is 0. The van der Waals surface area contributed by atoms with Crippen LogP contribution in [0.15, 0.2) is 12.4 Å². The van der Waals surface area contributed by atoms with Crippen LogP contribution in [0, 0.1) is 0 Å². The molecule has 110 valence electrons. The molecule has 1 nitrogen and oxygen atoms in total.